The lowest BCUT2D eigenvalue weighted by molar-refractivity contribution is 0.119. The molecule has 0 aliphatic heterocycles. The van der Waals surface area contributed by atoms with Gasteiger partial charge in [0.25, 0.3) is 5.89 Å². The van der Waals surface area contributed by atoms with E-state index < -0.39 is 0 Å². The van der Waals surface area contributed by atoms with Crippen LogP contribution in [-0.4, -0.2) is 23.4 Å². The van der Waals surface area contributed by atoms with Gasteiger partial charge in [0, 0.05) is 11.1 Å². The summed E-state index contributed by atoms with van der Waals surface area (Å²) in [4.78, 5) is 4.31. The monoisotopic (exact) mass is 325 g/mol. The first-order valence-electron chi connectivity index (χ1n) is 6.14. The van der Waals surface area contributed by atoms with Crippen LogP contribution in [0.5, 0.6) is 0 Å². The van der Waals surface area contributed by atoms with Gasteiger partial charge < -0.3 is 15.0 Å². The van der Waals surface area contributed by atoms with E-state index in [-0.39, 0.29) is 6.04 Å². The number of benzene rings is 1. The highest BCUT2D eigenvalue weighted by molar-refractivity contribution is 9.10. The van der Waals surface area contributed by atoms with E-state index in [1.54, 1.807) is 0 Å². The third-order valence-electron chi connectivity index (χ3n) is 2.52. The average Bonchev–Trinajstić information content (AvgIpc) is 2.89. The number of nitrogens with two attached hydrogens (primary N) is 1. The molecule has 5 nitrogen and oxygen atoms in total. The summed E-state index contributed by atoms with van der Waals surface area (Å²) in [5, 5.41) is 3.90. The molecule has 1 unspecified atom stereocenters. The first-order valence-corrected chi connectivity index (χ1v) is 6.93. The van der Waals surface area contributed by atoms with E-state index in [0.29, 0.717) is 24.9 Å². The molecule has 0 saturated carbocycles. The molecule has 1 atom stereocenters. The standard InChI is InChI=1S/C13H16BrN3O2/c1-2-7-18-8-11(15)12-16-13(19-17-12)9-5-3-4-6-10(9)14/h3-6,11H,2,7-8,15H2,1H3. The summed E-state index contributed by atoms with van der Waals surface area (Å²) in [7, 11) is 0. The van der Waals surface area contributed by atoms with Crippen molar-refractivity contribution in [2.24, 2.45) is 5.73 Å². The van der Waals surface area contributed by atoms with Crippen molar-refractivity contribution in [2.75, 3.05) is 13.2 Å². The Kier molecular flexibility index (Phi) is 5.07. The lowest BCUT2D eigenvalue weighted by atomic mass is 10.2. The Morgan fingerprint density at radius 2 is 2.21 bits per heavy atom. The number of halogens is 1. The van der Waals surface area contributed by atoms with Gasteiger partial charge in [-0.05, 0) is 34.5 Å². The summed E-state index contributed by atoms with van der Waals surface area (Å²) in [5.74, 6) is 0.912. The van der Waals surface area contributed by atoms with Gasteiger partial charge in [0.05, 0.1) is 18.2 Å². The maximum Gasteiger partial charge on any atom is 0.259 e. The van der Waals surface area contributed by atoms with Crippen molar-refractivity contribution in [1.29, 1.82) is 0 Å². The predicted molar refractivity (Wildman–Crippen MR) is 75.5 cm³/mol. The Morgan fingerprint density at radius 3 is 2.95 bits per heavy atom. The predicted octanol–water partition coefficient (Wildman–Crippen LogP) is 2.93. The topological polar surface area (TPSA) is 74.2 Å². The Morgan fingerprint density at radius 1 is 1.42 bits per heavy atom. The lowest BCUT2D eigenvalue weighted by Crippen LogP contribution is -2.18. The molecule has 1 heterocycles. The Balaban J connectivity index is 2.09. The van der Waals surface area contributed by atoms with Crippen molar-refractivity contribution >= 4 is 15.9 Å². The molecule has 0 aliphatic rings. The average molecular weight is 326 g/mol. The van der Waals surface area contributed by atoms with Gasteiger partial charge in [-0.25, -0.2) is 0 Å². The van der Waals surface area contributed by atoms with Crippen molar-refractivity contribution < 1.29 is 9.26 Å². The smallest absolute Gasteiger partial charge is 0.259 e. The molecule has 1 aromatic carbocycles. The first-order chi connectivity index (χ1) is 9.22. The molecule has 0 radical (unpaired) electrons. The maximum absolute atomic E-state index is 5.94. The Labute approximate surface area is 120 Å². The highest BCUT2D eigenvalue weighted by Crippen LogP contribution is 2.26. The normalized spacial score (nSPS) is 12.6. The van der Waals surface area contributed by atoms with Gasteiger partial charge in [0.2, 0.25) is 0 Å². The molecule has 0 fully saturated rings. The third kappa shape index (κ3) is 3.62. The summed E-state index contributed by atoms with van der Waals surface area (Å²) < 4.78 is 11.5. The minimum Gasteiger partial charge on any atom is -0.379 e. The van der Waals surface area contributed by atoms with Crippen LogP contribution in [0.25, 0.3) is 11.5 Å². The van der Waals surface area contributed by atoms with Gasteiger partial charge >= 0.3 is 0 Å². The molecule has 0 aliphatic carbocycles. The zero-order valence-electron chi connectivity index (χ0n) is 10.7. The lowest BCUT2D eigenvalue weighted by Gasteiger charge is -2.06. The molecule has 0 saturated heterocycles. The fourth-order valence-corrected chi connectivity index (χ4v) is 2.01. The van der Waals surface area contributed by atoms with Gasteiger partial charge in [-0.15, -0.1) is 0 Å². The second kappa shape index (κ2) is 6.79. The molecule has 2 aromatic rings. The van der Waals surface area contributed by atoms with E-state index in [0.717, 1.165) is 16.5 Å². The SMILES string of the molecule is CCCOCC(N)c1noc(-c2ccccc2Br)n1. The molecular weight excluding hydrogens is 310 g/mol. The molecule has 102 valence electrons. The van der Waals surface area contributed by atoms with Crippen LogP contribution >= 0.6 is 15.9 Å². The minimum absolute atomic E-state index is 0.369. The fraction of sp³-hybridized carbons (Fsp3) is 0.385. The van der Waals surface area contributed by atoms with Gasteiger partial charge in [0.15, 0.2) is 5.82 Å². The third-order valence-corrected chi connectivity index (χ3v) is 3.22. The zero-order valence-corrected chi connectivity index (χ0v) is 12.3. The minimum atomic E-state index is -0.369. The number of rotatable bonds is 6. The van der Waals surface area contributed by atoms with Crippen LogP contribution in [0, 0.1) is 0 Å². The van der Waals surface area contributed by atoms with E-state index in [9.17, 15) is 0 Å². The van der Waals surface area contributed by atoms with Crippen LogP contribution in [0.2, 0.25) is 0 Å². The summed E-state index contributed by atoms with van der Waals surface area (Å²) >= 11 is 3.45. The molecule has 19 heavy (non-hydrogen) atoms. The van der Waals surface area contributed by atoms with Gasteiger partial charge in [0.1, 0.15) is 0 Å². The van der Waals surface area contributed by atoms with Crippen LogP contribution in [0.4, 0.5) is 0 Å². The first kappa shape index (κ1) is 14.2. The largest absolute Gasteiger partial charge is 0.379 e. The molecule has 0 amide bonds. The number of hydrogen-bond acceptors (Lipinski definition) is 5. The van der Waals surface area contributed by atoms with Crippen molar-refractivity contribution in [3.63, 3.8) is 0 Å². The number of hydrogen-bond donors (Lipinski definition) is 1. The van der Waals surface area contributed by atoms with Gasteiger partial charge in [-0.1, -0.05) is 24.2 Å². The van der Waals surface area contributed by atoms with E-state index in [4.69, 9.17) is 15.0 Å². The fourth-order valence-electron chi connectivity index (χ4n) is 1.56. The van der Waals surface area contributed by atoms with E-state index in [2.05, 4.69) is 26.1 Å². The zero-order chi connectivity index (χ0) is 13.7. The summed E-state index contributed by atoms with van der Waals surface area (Å²) in [6.07, 6.45) is 0.960. The van der Waals surface area contributed by atoms with Crippen molar-refractivity contribution in [3.8, 4) is 11.5 Å². The number of aromatic nitrogens is 2. The molecular formula is C13H16BrN3O2. The van der Waals surface area contributed by atoms with E-state index in [1.165, 1.54) is 0 Å². The second-order valence-electron chi connectivity index (χ2n) is 4.12. The van der Waals surface area contributed by atoms with Gasteiger partial charge in [-0.3, -0.25) is 0 Å². The van der Waals surface area contributed by atoms with Crippen LogP contribution in [0.1, 0.15) is 25.2 Å². The molecule has 6 heteroatoms. The number of nitrogens with zero attached hydrogens (tertiary/aromatic N) is 2. The molecule has 2 rings (SSSR count). The molecule has 2 N–H and O–H groups in total. The number of ether oxygens (including phenoxy) is 1. The second-order valence-corrected chi connectivity index (χ2v) is 4.97. The summed E-state index contributed by atoms with van der Waals surface area (Å²) in [6.45, 7) is 3.12. The van der Waals surface area contributed by atoms with E-state index >= 15 is 0 Å². The van der Waals surface area contributed by atoms with E-state index in [1.807, 2.05) is 31.2 Å². The molecule has 1 aromatic heterocycles. The summed E-state index contributed by atoms with van der Waals surface area (Å²) in [6, 6.07) is 7.29. The molecule has 0 spiro atoms. The Bertz CT molecular complexity index is 530. The highest BCUT2D eigenvalue weighted by atomic mass is 79.9. The highest BCUT2D eigenvalue weighted by Gasteiger charge is 2.16. The van der Waals surface area contributed by atoms with Crippen molar-refractivity contribution in [3.05, 3.63) is 34.6 Å². The summed E-state index contributed by atoms with van der Waals surface area (Å²) in [5.41, 5.74) is 6.79. The van der Waals surface area contributed by atoms with Crippen molar-refractivity contribution in [1.82, 2.24) is 10.1 Å². The van der Waals surface area contributed by atoms with Crippen LogP contribution in [-0.2, 0) is 4.74 Å². The van der Waals surface area contributed by atoms with Gasteiger partial charge in [-0.2, -0.15) is 4.98 Å². The van der Waals surface area contributed by atoms with Crippen LogP contribution in [0.15, 0.2) is 33.3 Å². The maximum atomic E-state index is 5.94. The van der Waals surface area contributed by atoms with Crippen LogP contribution < -0.4 is 5.73 Å². The Hall–Kier alpha value is -1.24. The van der Waals surface area contributed by atoms with Crippen LogP contribution in [0.3, 0.4) is 0 Å². The quantitative estimate of drug-likeness (QED) is 0.826. The van der Waals surface area contributed by atoms with Crippen molar-refractivity contribution in [2.45, 2.75) is 19.4 Å². The molecule has 0 bridgehead atoms.